The zero-order valence-corrected chi connectivity index (χ0v) is 9.97. The van der Waals surface area contributed by atoms with E-state index in [4.69, 9.17) is 5.73 Å². The van der Waals surface area contributed by atoms with E-state index in [0.717, 1.165) is 5.69 Å². The first-order valence-electron chi connectivity index (χ1n) is 5.86. The molecule has 5 heteroatoms. The minimum atomic E-state index is -0.249. The van der Waals surface area contributed by atoms with Crippen LogP contribution in [0.3, 0.4) is 0 Å². The summed E-state index contributed by atoms with van der Waals surface area (Å²) < 4.78 is 0. The molecular formula is C12H18N4O. The highest BCUT2D eigenvalue weighted by Crippen LogP contribution is 2.13. The van der Waals surface area contributed by atoms with Crippen LogP contribution in [0.2, 0.25) is 0 Å². The molecule has 1 aromatic heterocycles. The number of carbonyl (C=O) groups excluding carboxylic acids is 1. The molecule has 0 aromatic carbocycles. The second-order valence-electron chi connectivity index (χ2n) is 4.34. The van der Waals surface area contributed by atoms with Gasteiger partial charge in [-0.2, -0.15) is 0 Å². The van der Waals surface area contributed by atoms with Crippen LogP contribution in [0.25, 0.3) is 0 Å². The molecular weight excluding hydrogens is 216 g/mol. The largest absolute Gasteiger partial charge is 0.353 e. The maximum atomic E-state index is 11.7. The molecule has 1 amide bonds. The topological polar surface area (TPSA) is 71.2 Å². The molecule has 3 N–H and O–H groups in total. The van der Waals surface area contributed by atoms with E-state index in [0.29, 0.717) is 19.6 Å². The summed E-state index contributed by atoms with van der Waals surface area (Å²) in [6.07, 6.45) is 1.77. The Kier molecular flexibility index (Phi) is 3.71. The van der Waals surface area contributed by atoms with E-state index in [9.17, 15) is 4.79 Å². The zero-order valence-electron chi connectivity index (χ0n) is 9.97. The van der Waals surface area contributed by atoms with Crippen molar-refractivity contribution in [3.63, 3.8) is 0 Å². The van der Waals surface area contributed by atoms with Crippen molar-refractivity contribution in [2.45, 2.75) is 25.6 Å². The number of amides is 1. The van der Waals surface area contributed by atoms with Crippen LogP contribution in [0, 0.1) is 0 Å². The average Bonchev–Trinajstić information content (AvgIpc) is 2.35. The molecule has 1 aliphatic heterocycles. The lowest BCUT2D eigenvalue weighted by atomic mass is 10.1. The lowest BCUT2D eigenvalue weighted by molar-refractivity contribution is -0.130. The quantitative estimate of drug-likeness (QED) is 0.755. The number of aromatic nitrogens is 1. The Morgan fingerprint density at radius 1 is 1.59 bits per heavy atom. The third-order valence-corrected chi connectivity index (χ3v) is 3.13. The van der Waals surface area contributed by atoms with Gasteiger partial charge in [-0.1, -0.05) is 6.07 Å². The van der Waals surface area contributed by atoms with Crippen LogP contribution in [0.5, 0.6) is 0 Å². The van der Waals surface area contributed by atoms with Crippen molar-refractivity contribution >= 4 is 5.91 Å². The van der Waals surface area contributed by atoms with E-state index in [1.807, 2.05) is 18.2 Å². The number of carbonyl (C=O) groups is 1. The molecule has 2 heterocycles. The highest BCUT2D eigenvalue weighted by molar-refractivity contribution is 5.82. The number of hydrogen-bond acceptors (Lipinski definition) is 4. The maximum absolute atomic E-state index is 11.7. The monoisotopic (exact) mass is 234 g/mol. The Bertz CT molecular complexity index is 381. The van der Waals surface area contributed by atoms with Crippen LogP contribution in [0.4, 0.5) is 0 Å². The first-order valence-corrected chi connectivity index (χ1v) is 5.86. The molecule has 0 radical (unpaired) electrons. The van der Waals surface area contributed by atoms with Gasteiger partial charge in [-0.25, -0.2) is 0 Å². The number of pyridine rings is 1. The number of piperazine rings is 1. The van der Waals surface area contributed by atoms with Crippen LogP contribution in [0.15, 0.2) is 24.4 Å². The van der Waals surface area contributed by atoms with Crippen LogP contribution in [-0.4, -0.2) is 41.0 Å². The summed E-state index contributed by atoms with van der Waals surface area (Å²) in [5.74, 6) is 0.0153. The first kappa shape index (κ1) is 12.0. The SMILES string of the molecule is CC1CNC(=O)C(CN)N1Cc1ccccn1. The Morgan fingerprint density at radius 3 is 3.06 bits per heavy atom. The van der Waals surface area contributed by atoms with Gasteiger partial charge in [0.2, 0.25) is 5.91 Å². The van der Waals surface area contributed by atoms with E-state index >= 15 is 0 Å². The van der Waals surface area contributed by atoms with E-state index in [2.05, 4.69) is 22.1 Å². The normalized spacial score (nSPS) is 25.6. The number of nitrogens with two attached hydrogens (primary N) is 1. The summed E-state index contributed by atoms with van der Waals surface area (Å²) in [6, 6.07) is 5.83. The fraction of sp³-hybridized carbons (Fsp3) is 0.500. The molecule has 1 aliphatic rings. The predicted molar refractivity (Wildman–Crippen MR) is 65.1 cm³/mol. The van der Waals surface area contributed by atoms with Crippen molar-refractivity contribution in [1.82, 2.24) is 15.2 Å². The molecule has 0 bridgehead atoms. The third-order valence-electron chi connectivity index (χ3n) is 3.13. The highest BCUT2D eigenvalue weighted by Gasteiger charge is 2.32. The molecule has 2 unspecified atom stereocenters. The molecule has 1 aromatic rings. The van der Waals surface area contributed by atoms with Crippen molar-refractivity contribution in [2.75, 3.05) is 13.1 Å². The van der Waals surface area contributed by atoms with Crippen LogP contribution in [0.1, 0.15) is 12.6 Å². The lowest BCUT2D eigenvalue weighted by Gasteiger charge is -2.39. The van der Waals surface area contributed by atoms with Crippen molar-refractivity contribution in [3.05, 3.63) is 30.1 Å². The van der Waals surface area contributed by atoms with Crippen molar-refractivity contribution in [1.29, 1.82) is 0 Å². The molecule has 1 fully saturated rings. The van der Waals surface area contributed by atoms with Gasteiger partial charge in [-0.05, 0) is 19.1 Å². The number of nitrogens with zero attached hydrogens (tertiary/aromatic N) is 2. The Balaban J connectivity index is 2.13. The molecule has 5 nitrogen and oxygen atoms in total. The van der Waals surface area contributed by atoms with E-state index < -0.39 is 0 Å². The zero-order chi connectivity index (χ0) is 12.3. The number of nitrogens with one attached hydrogen (secondary N) is 1. The fourth-order valence-electron chi connectivity index (χ4n) is 2.13. The Morgan fingerprint density at radius 2 is 2.41 bits per heavy atom. The molecule has 0 spiro atoms. The van der Waals surface area contributed by atoms with Gasteiger partial charge in [-0.3, -0.25) is 14.7 Å². The summed E-state index contributed by atoms with van der Waals surface area (Å²) in [7, 11) is 0. The van der Waals surface area contributed by atoms with Gasteiger partial charge in [-0.15, -0.1) is 0 Å². The standard InChI is InChI=1S/C12H18N4O/c1-9-7-15-12(17)11(6-13)16(9)8-10-4-2-3-5-14-10/h2-5,9,11H,6-8,13H2,1H3,(H,15,17). The Hall–Kier alpha value is -1.46. The van der Waals surface area contributed by atoms with E-state index in [1.54, 1.807) is 6.20 Å². The number of hydrogen-bond donors (Lipinski definition) is 2. The summed E-state index contributed by atoms with van der Waals surface area (Å²) in [5, 5.41) is 2.87. The van der Waals surface area contributed by atoms with Crippen LogP contribution < -0.4 is 11.1 Å². The fourth-order valence-corrected chi connectivity index (χ4v) is 2.13. The van der Waals surface area contributed by atoms with Crippen molar-refractivity contribution in [3.8, 4) is 0 Å². The number of rotatable bonds is 3. The van der Waals surface area contributed by atoms with Crippen LogP contribution >= 0.6 is 0 Å². The van der Waals surface area contributed by atoms with E-state index in [1.165, 1.54) is 0 Å². The van der Waals surface area contributed by atoms with Gasteiger partial charge in [0.1, 0.15) is 6.04 Å². The van der Waals surface area contributed by atoms with E-state index in [-0.39, 0.29) is 18.0 Å². The summed E-state index contributed by atoms with van der Waals surface area (Å²) in [6.45, 7) is 3.76. The average molecular weight is 234 g/mol. The molecule has 92 valence electrons. The third kappa shape index (κ3) is 2.62. The van der Waals surface area contributed by atoms with Gasteiger partial charge in [0, 0.05) is 31.9 Å². The second kappa shape index (κ2) is 5.25. The first-order chi connectivity index (χ1) is 8.22. The second-order valence-corrected chi connectivity index (χ2v) is 4.34. The summed E-state index contributed by atoms with van der Waals surface area (Å²) in [4.78, 5) is 18.1. The van der Waals surface area contributed by atoms with Crippen LogP contribution in [-0.2, 0) is 11.3 Å². The van der Waals surface area contributed by atoms with Crippen molar-refractivity contribution < 1.29 is 4.79 Å². The lowest BCUT2D eigenvalue weighted by Crippen LogP contribution is -2.61. The predicted octanol–water partition coefficient (Wildman–Crippen LogP) is -0.271. The molecule has 0 aliphatic carbocycles. The summed E-state index contributed by atoms with van der Waals surface area (Å²) >= 11 is 0. The van der Waals surface area contributed by atoms with Gasteiger partial charge in [0.25, 0.3) is 0 Å². The summed E-state index contributed by atoms with van der Waals surface area (Å²) in [5.41, 5.74) is 6.64. The molecule has 17 heavy (non-hydrogen) atoms. The highest BCUT2D eigenvalue weighted by atomic mass is 16.2. The van der Waals surface area contributed by atoms with Gasteiger partial charge in [0.15, 0.2) is 0 Å². The van der Waals surface area contributed by atoms with Crippen molar-refractivity contribution in [2.24, 2.45) is 5.73 Å². The van der Waals surface area contributed by atoms with Gasteiger partial charge in [0.05, 0.1) is 5.69 Å². The minimum absolute atomic E-state index is 0.0153. The molecule has 2 rings (SSSR count). The molecule has 1 saturated heterocycles. The molecule has 0 saturated carbocycles. The smallest absolute Gasteiger partial charge is 0.238 e. The van der Waals surface area contributed by atoms with Gasteiger partial charge < -0.3 is 11.1 Å². The minimum Gasteiger partial charge on any atom is -0.353 e. The maximum Gasteiger partial charge on any atom is 0.238 e. The molecule has 2 atom stereocenters. The van der Waals surface area contributed by atoms with Gasteiger partial charge >= 0.3 is 0 Å². The Labute approximate surface area is 101 Å².